The molecule has 0 unspecified atom stereocenters. The van der Waals surface area contributed by atoms with Crippen molar-refractivity contribution in [3.8, 4) is 11.3 Å². The van der Waals surface area contributed by atoms with E-state index >= 15 is 0 Å². The van der Waals surface area contributed by atoms with Crippen LogP contribution in [0.4, 0.5) is 0 Å². The lowest BCUT2D eigenvalue weighted by Gasteiger charge is -2.29. The van der Waals surface area contributed by atoms with Crippen molar-refractivity contribution in [1.29, 1.82) is 0 Å². The number of hydrogen-bond acceptors (Lipinski definition) is 2. The molecular weight excluding hydrogens is 266 g/mol. The van der Waals surface area contributed by atoms with Gasteiger partial charge in [0, 0.05) is 29.3 Å². The average molecular weight is 278 g/mol. The van der Waals surface area contributed by atoms with E-state index in [1.807, 2.05) is 12.3 Å². The van der Waals surface area contributed by atoms with Gasteiger partial charge in [-0.1, -0.05) is 28.1 Å². The number of nitrogens with one attached hydrogen (secondary N) is 1. The van der Waals surface area contributed by atoms with Gasteiger partial charge in [0.2, 0.25) is 0 Å². The summed E-state index contributed by atoms with van der Waals surface area (Å²) in [4.78, 5) is 0. The van der Waals surface area contributed by atoms with Crippen LogP contribution in [0.5, 0.6) is 0 Å². The van der Waals surface area contributed by atoms with Crippen LogP contribution in [0.1, 0.15) is 6.04 Å². The standard InChI is InChI=1S/C12H12BrN3/c13-10-3-1-2-9(6-10)12-4-5-15-16(12)11-7-14-8-11/h1-6,11,14H,7-8H2. The van der Waals surface area contributed by atoms with Crippen molar-refractivity contribution < 1.29 is 0 Å². The normalized spacial score (nSPS) is 16.1. The van der Waals surface area contributed by atoms with Crippen molar-refractivity contribution in [1.82, 2.24) is 15.1 Å². The molecule has 3 rings (SSSR count). The highest BCUT2D eigenvalue weighted by atomic mass is 79.9. The van der Waals surface area contributed by atoms with Crippen LogP contribution in [0.15, 0.2) is 41.0 Å². The van der Waals surface area contributed by atoms with E-state index in [1.165, 1.54) is 11.3 Å². The number of nitrogens with zero attached hydrogens (tertiary/aromatic N) is 2. The van der Waals surface area contributed by atoms with Crippen molar-refractivity contribution in [2.75, 3.05) is 13.1 Å². The summed E-state index contributed by atoms with van der Waals surface area (Å²) < 4.78 is 3.21. The average Bonchev–Trinajstić information content (AvgIpc) is 2.64. The second kappa shape index (κ2) is 4.03. The highest BCUT2D eigenvalue weighted by Crippen LogP contribution is 2.25. The molecule has 1 aliphatic rings. The molecule has 0 bridgehead atoms. The van der Waals surface area contributed by atoms with Gasteiger partial charge in [0.25, 0.3) is 0 Å². The molecule has 0 amide bonds. The van der Waals surface area contributed by atoms with Crippen LogP contribution in [0.3, 0.4) is 0 Å². The molecule has 0 atom stereocenters. The maximum atomic E-state index is 4.41. The first-order valence-electron chi connectivity index (χ1n) is 5.35. The molecule has 0 aliphatic carbocycles. The predicted molar refractivity (Wildman–Crippen MR) is 67.3 cm³/mol. The number of benzene rings is 1. The molecule has 4 heteroatoms. The molecule has 0 radical (unpaired) electrons. The van der Waals surface area contributed by atoms with Crippen LogP contribution in [0, 0.1) is 0 Å². The Morgan fingerprint density at radius 2 is 2.19 bits per heavy atom. The van der Waals surface area contributed by atoms with Crippen LogP contribution < -0.4 is 5.32 Å². The molecule has 1 fully saturated rings. The predicted octanol–water partition coefficient (Wildman–Crippen LogP) is 2.46. The lowest BCUT2D eigenvalue weighted by atomic mass is 10.1. The van der Waals surface area contributed by atoms with Gasteiger partial charge < -0.3 is 5.32 Å². The first kappa shape index (κ1) is 10.1. The van der Waals surface area contributed by atoms with Gasteiger partial charge in [-0.05, 0) is 18.2 Å². The highest BCUT2D eigenvalue weighted by Gasteiger charge is 2.21. The molecule has 1 saturated heterocycles. The lowest BCUT2D eigenvalue weighted by Crippen LogP contribution is -2.44. The largest absolute Gasteiger partial charge is 0.312 e. The van der Waals surface area contributed by atoms with Gasteiger partial charge in [-0.3, -0.25) is 4.68 Å². The van der Waals surface area contributed by atoms with Gasteiger partial charge in [0.05, 0.1) is 11.7 Å². The third-order valence-electron chi connectivity index (χ3n) is 2.90. The summed E-state index contributed by atoms with van der Waals surface area (Å²) in [6.45, 7) is 2.03. The summed E-state index contributed by atoms with van der Waals surface area (Å²) in [5.41, 5.74) is 2.39. The Hall–Kier alpha value is -1.13. The fourth-order valence-corrected chi connectivity index (χ4v) is 2.33. The molecular formula is C12H12BrN3. The summed E-state index contributed by atoms with van der Waals surface area (Å²) in [6, 6.07) is 10.9. The van der Waals surface area contributed by atoms with Crippen molar-refractivity contribution in [3.63, 3.8) is 0 Å². The Bertz CT molecular complexity index is 502. The Morgan fingerprint density at radius 3 is 2.88 bits per heavy atom. The van der Waals surface area contributed by atoms with E-state index in [2.05, 4.69) is 55.3 Å². The molecule has 0 saturated carbocycles. The SMILES string of the molecule is Brc1cccc(-c2ccnn2C2CNC2)c1. The van der Waals surface area contributed by atoms with Crippen LogP contribution in [-0.2, 0) is 0 Å². The second-order valence-corrected chi connectivity index (χ2v) is 4.90. The third-order valence-corrected chi connectivity index (χ3v) is 3.39. The molecule has 2 aromatic rings. The van der Waals surface area contributed by atoms with Crippen molar-refractivity contribution in [3.05, 3.63) is 41.0 Å². The van der Waals surface area contributed by atoms with Crippen LogP contribution >= 0.6 is 15.9 Å². The van der Waals surface area contributed by atoms with E-state index in [0.29, 0.717) is 6.04 Å². The van der Waals surface area contributed by atoms with E-state index in [4.69, 9.17) is 0 Å². The maximum Gasteiger partial charge on any atom is 0.0774 e. The molecule has 1 aliphatic heterocycles. The first-order valence-corrected chi connectivity index (χ1v) is 6.14. The number of hydrogen-bond donors (Lipinski definition) is 1. The monoisotopic (exact) mass is 277 g/mol. The lowest BCUT2D eigenvalue weighted by molar-refractivity contribution is 0.321. The summed E-state index contributed by atoms with van der Waals surface area (Å²) >= 11 is 3.50. The minimum Gasteiger partial charge on any atom is -0.312 e. The van der Waals surface area contributed by atoms with Crippen LogP contribution in [-0.4, -0.2) is 22.9 Å². The van der Waals surface area contributed by atoms with Crippen LogP contribution in [0.2, 0.25) is 0 Å². The van der Waals surface area contributed by atoms with Gasteiger partial charge in [-0.15, -0.1) is 0 Å². The summed E-state index contributed by atoms with van der Waals surface area (Å²) in [6.07, 6.45) is 1.87. The minimum absolute atomic E-state index is 0.504. The zero-order valence-corrected chi connectivity index (χ0v) is 10.3. The third kappa shape index (κ3) is 1.68. The molecule has 1 aromatic heterocycles. The molecule has 16 heavy (non-hydrogen) atoms. The van der Waals surface area contributed by atoms with Gasteiger partial charge in [-0.25, -0.2) is 0 Å². The zero-order valence-electron chi connectivity index (χ0n) is 8.73. The zero-order chi connectivity index (χ0) is 11.0. The second-order valence-electron chi connectivity index (χ2n) is 3.98. The Labute approximate surface area is 103 Å². The van der Waals surface area contributed by atoms with E-state index in [9.17, 15) is 0 Å². The quantitative estimate of drug-likeness (QED) is 0.914. The topological polar surface area (TPSA) is 29.9 Å². The summed E-state index contributed by atoms with van der Waals surface area (Å²) in [5.74, 6) is 0. The summed E-state index contributed by atoms with van der Waals surface area (Å²) in [5, 5.41) is 7.68. The first-order chi connectivity index (χ1) is 7.84. The molecule has 1 aromatic carbocycles. The van der Waals surface area contributed by atoms with E-state index in [0.717, 1.165) is 17.6 Å². The van der Waals surface area contributed by atoms with E-state index in [1.54, 1.807) is 0 Å². The fraction of sp³-hybridized carbons (Fsp3) is 0.250. The van der Waals surface area contributed by atoms with E-state index < -0.39 is 0 Å². The van der Waals surface area contributed by atoms with Gasteiger partial charge >= 0.3 is 0 Å². The molecule has 0 spiro atoms. The van der Waals surface area contributed by atoms with Gasteiger partial charge in [-0.2, -0.15) is 5.10 Å². The smallest absolute Gasteiger partial charge is 0.0774 e. The number of aromatic nitrogens is 2. The van der Waals surface area contributed by atoms with E-state index in [-0.39, 0.29) is 0 Å². The van der Waals surface area contributed by atoms with Crippen molar-refractivity contribution in [2.24, 2.45) is 0 Å². The fourth-order valence-electron chi connectivity index (χ4n) is 1.93. The van der Waals surface area contributed by atoms with Gasteiger partial charge in [0.1, 0.15) is 0 Å². The Balaban J connectivity index is 2.02. The molecule has 3 nitrogen and oxygen atoms in total. The Kier molecular flexibility index (Phi) is 2.53. The summed E-state index contributed by atoms with van der Waals surface area (Å²) in [7, 11) is 0. The molecule has 82 valence electrons. The highest BCUT2D eigenvalue weighted by molar-refractivity contribution is 9.10. The van der Waals surface area contributed by atoms with Gasteiger partial charge in [0.15, 0.2) is 0 Å². The Morgan fingerprint density at radius 1 is 1.31 bits per heavy atom. The van der Waals surface area contributed by atoms with Crippen molar-refractivity contribution in [2.45, 2.75) is 6.04 Å². The van der Waals surface area contributed by atoms with Crippen LogP contribution in [0.25, 0.3) is 11.3 Å². The number of halogens is 1. The molecule has 2 heterocycles. The minimum atomic E-state index is 0.504. The maximum absolute atomic E-state index is 4.41. The van der Waals surface area contributed by atoms with Crippen molar-refractivity contribution >= 4 is 15.9 Å². The number of rotatable bonds is 2. The molecule has 1 N–H and O–H groups in total.